The van der Waals surface area contributed by atoms with Gasteiger partial charge < -0.3 is 9.47 Å². The predicted octanol–water partition coefficient (Wildman–Crippen LogP) is 4.42. The minimum absolute atomic E-state index is 0.0484. The maximum absolute atomic E-state index is 12.5. The Morgan fingerprint density at radius 2 is 1.88 bits per heavy atom. The fraction of sp³-hybridized carbons (Fsp3) is 0.818. The second kappa shape index (κ2) is 6.47. The molecule has 6 atom stereocenters. The van der Waals surface area contributed by atoms with Gasteiger partial charge in [0.25, 0.3) is 0 Å². The van der Waals surface area contributed by atoms with Gasteiger partial charge in [0.15, 0.2) is 6.79 Å². The summed E-state index contributed by atoms with van der Waals surface area (Å²) in [5.41, 5.74) is 1.76. The normalized spacial score (nSPS) is 44.6. The third-order valence-corrected chi connectivity index (χ3v) is 8.33. The van der Waals surface area contributed by atoms with Crippen molar-refractivity contribution in [2.45, 2.75) is 78.2 Å². The van der Waals surface area contributed by atoms with Crippen molar-refractivity contribution in [1.29, 1.82) is 0 Å². The highest BCUT2D eigenvalue weighted by Crippen LogP contribution is 2.64. The smallest absolute Gasteiger partial charge is 0.304 e. The Labute approximate surface area is 156 Å². The summed E-state index contributed by atoms with van der Waals surface area (Å²) in [5.74, 6) is 2.19. The monoisotopic (exact) mass is 360 g/mol. The topological polar surface area (TPSA) is 52.6 Å². The van der Waals surface area contributed by atoms with E-state index in [-0.39, 0.29) is 29.7 Å². The molecule has 0 amide bonds. The van der Waals surface area contributed by atoms with Crippen LogP contribution in [0.15, 0.2) is 11.6 Å². The van der Waals surface area contributed by atoms with Crippen molar-refractivity contribution < 1.29 is 19.1 Å². The molecule has 4 aliphatic rings. The van der Waals surface area contributed by atoms with Crippen LogP contribution in [0.1, 0.15) is 72.1 Å². The molecule has 4 aliphatic carbocycles. The van der Waals surface area contributed by atoms with Crippen molar-refractivity contribution in [1.82, 2.24) is 0 Å². The van der Waals surface area contributed by atoms with Gasteiger partial charge in [-0.25, -0.2) is 0 Å². The lowest BCUT2D eigenvalue weighted by molar-refractivity contribution is -0.160. The first kappa shape index (κ1) is 18.2. The zero-order valence-corrected chi connectivity index (χ0v) is 16.4. The van der Waals surface area contributed by atoms with Gasteiger partial charge in [0.2, 0.25) is 0 Å². The van der Waals surface area contributed by atoms with Gasteiger partial charge in [-0.15, -0.1) is 0 Å². The second-order valence-corrected chi connectivity index (χ2v) is 9.46. The average molecular weight is 360 g/mol. The van der Waals surface area contributed by atoms with Crippen LogP contribution in [0.25, 0.3) is 0 Å². The van der Waals surface area contributed by atoms with Crippen molar-refractivity contribution in [3.05, 3.63) is 11.6 Å². The number of carbonyl (C=O) groups excluding carboxylic acids is 2. The molecular formula is C22H32O4. The van der Waals surface area contributed by atoms with Gasteiger partial charge in [-0.1, -0.05) is 25.5 Å². The molecule has 0 aromatic heterocycles. The van der Waals surface area contributed by atoms with Gasteiger partial charge >= 0.3 is 5.97 Å². The van der Waals surface area contributed by atoms with E-state index in [1.54, 1.807) is 5.57 Å². The van der Waals surface area contributed by atoms with E-state index in [1.165, 1.54) is 13.3 Å². The number of ether oxygens (including phenoxy) is 2. The van der Waals surface area contributed by atoms with Crippen molar-refractivity contribution >= 4 is 11.8 Å². The summed E-state index contributed by atoms with van der Waals surface area (Å²) in [6.07, 6.45) is 11.0. The van der Waals surface area contributed by atoms with Crippen molar-refractivity contribution in [2.75, 3.05) is 6.79 Å². The second-order valence-electron chi connectivity index (χ2n) is 9.46. The number of allylic oxidation sites excluding steroid dienone is 1. The van der Waals surface area contributed by atoms with Crippen LogP contribution in [-0.4, -0.2) is 24.6 Å². The van der Waals surface area contributed by atoms with Crippen molar-refractivity contribution in [2.24, 2.45) is 28.6 Å². The highest BCUT2D eigenvalue weighted by atomic mass is 16.7. The Hall–Kier alpha value is -1.16. The highest BCUT2D eigenvalue weighted by molar-refractivity contribution is 5.87. The number of Topliss-reactive ketones (excluding diaryl/α,β-unsaturated/α-hetero) is 1. The SMILES string of the molecule is CC(=O)OCOC1CC[C@@]2(C)C(=CC[C@@H]3[C@H]2CC[C@]2(C)C(=O)CC[C@@H]32)C1. The first-order chi connectivity index (χ1) is 12.3. The number of carbonyl (C=O) groups is 2. The molecule has 144 valence electrons. The number of hydrogen-bond acceptors (Lipinski definition) is 4. The Kier molecular flexibility index (Phi) is 4.53. The van der Waals surface area contributed by atoms with E-state index >= 15 is 0 Å². The Bertz CT molecular complexity index is 638. The molecule has 0 radical (unpaired) electrons. The first-order valence-electron chi connectivity index (χ1n) is 10.3. The van der Waals surface area contributed by atoms with Crippen molar-refractivity contribution in [3.8, 4) is 0 Å². The summed E-state index contributed by atoms with van der Waals surface area (Å²) >= 11 is 0. The minimum atomic E-state index is -0.290. The summed E-state index contributed by atoms with van der Waals surface area (Å²) in [7, 11) is 0. The molecule has 4 heteroatoms. The first-order valence-corrected chi connectivity index (χ1v) is 10.3. The van der Waals surface area contributed by atoms with Crippen LogP contribution in [0.3, 0.4) is 0 Å². The quantitative estimate of drug-likeness (QED) is 0.425. The number of fused-ring (bicyclic) bond motifs is 5. The Morgan fingerprint density at radius 3 is 2.65 bits per heavy atom. The molecule has 4 rings (SSSR count). The summed E-state index contributed by atoms with van der Waals surface area (Å²) in [5, 5.41) is 0. The molecule has 0 bridgehead atoms. The molecule has 1 unspecified atom stereocenters. The fourth-order valence-corrected chi connectivity index (χ4v) is 6.75. The van der Waals surface area contributed by atoms with Gasteiger partial charge in [0.05, 0.1) is 6.10 Å². The van der Waals surface area contributed by atoms with E-state index in [0.29, 0.717) is 23.5 Å². The van der Waals surface area contributed by atoms with Crippen LogP contribution >= 0.6 is 0 Å². The molecule has 0 spiro atoms. The Morgan fingerprint density at radius 1 is 1.15 bits per heavy atom. The third kappa shape index (κ3) is 2.76. The van der Waals surface area contributed by atoms with Crippen LogP contribution in [-0.2, 0) is 19.1 Å². The molecular weight excluding hydrogens is 328 g/mol. The lowest BCUT2D eigenvalue weighted by Crippen LogP contribution is -2.50. The van der Waals surface area contributed by atoms with Crippen LogP contribution in [0.5, 0.6) is 0 Å². The number of rotatable bonds is 3. The highest BCUT2D eigenvalue weighted by Gasteiger charge is 2.58. The molecule has 0 aromatic rings. The van der Waals surface area contributed by atoms with Crippen LogP contribution in [0.4, 0.5) is 0 Å². The largest absolute Gasteiger partial charge is 0.439 e. The maximum atomic E-state index is 12.5. The molecule has 3 fully saturated rings. The van der Waals surface area contributed by atoms with Gasteiger partial charge in [-0.3, -0.25) is 9.59 Å². The van der Waals surface area contributed by atoms with Gasteiger partial charge in [-0.2, -0.15) is 0 Å². The van der Waals surface area contributed by atoms with Crippen LogP contribution < -0.4 is 0 Å². The third-order valence-electron chi connectivity index (χ3n) is 8.33. The van der Waals surface area contributed by atoms with E-state index in [1.807, 2.05) is 0 Å². The zero-order chi connectivity index (χ0) is 18.5. The van der Waals surface area contributed by atoms with Crippen LogP contribution in [0, 0.1) is 28.6 Å². The van der Waals surface area contributed by atoms with Gasteiger partial charge in [0, 0.05) is 18.8 Å². The molecule has 0 saturated heterocycles. The van der Waals surface area contributed by atoms with E-state index in [2.05, 4.69) is 19.9 Å². The van der Waals surface area contributed by atoms with E-state index < -0.39 is 0 Å². The zero-order valence-electron chi connectivity index (χ0n) is 16.4. The van der Waals surface area contributed by atoms with Crippen LogP contribution in [0.2, 0.25) is 0 Å². The summed E-state index contributed by atoms with van der Waals surface area (Å²) in [4.78, 5) is 23.4. The summed E-state index contributed by atoms with van der Waals surface area (Å²) in [6, 6.07) is 0. The maximum Gasteiger partial charge on any atom is 0.304 e. The average Bonchev–Trinajstić information content (AvgIpc) is 2.90. The lowest BCUT2D eigenvalue weighted by atomic mass is 9.48. The van der Waals surface area contributed by atoms with Crippen molar-refractivity contribution in [3.63, 3.8) is 0 Å². The fourth-order valence-electron chi connectivity index (χ4n) is 6.75. The lowest BCUT2D eigenvalue weighted by Gasteiger charge is -2.57. The molecule has 0 N–H and O–H groups in total. The molecule has 3 saturated carbocycles. The molecule has 0 aliphatic heterocycles. The minimum Gasteiger partial charge on any atom is -0.439 e. The molecule has 4 nitrogen and oxygen atoms in total. The molecule has 0 heterocycles. The summed E-state index contributed by atoms with van der Waals surface area (Å²) in [6.45, 7) is 6.18. The van der Waals surface area contributed by atoms with E-state index in [9.17, 15) is 9.59 Å². The molecule has 26 heavy (non-hydrogen) atoms. The summed E-state index contributed by atoms with van der Waals surface area (Å²) < 4.78 is 10.7. The van der Waals surface area contributed by atoms with Gasteiger partial charge in [-0.05, 0) is 68.1 Å². The molecule has 0 aromatic carbocycles. The number of hydrogen-bond donors (Lipinski definition) is 0. The van der Waals surface area contributed by atoms with E-state index in [0.717, 1.165) is 44.9 Å². The van der Waals surface area contributed by atoms with Gasteiger partial charge in [0.1, 0.15) is 5.78 Å². The standard InChI is InChI=1S/C22H32O4/c1-14(23)25-13-26-16-8-10-21(2)15(12-16)4-5-17-18-6-7-20(24)22(18,3)11-9-19(17)21/h4,16-19H,5-13H2,1-3H3/t16?,17-,18-,19+,21-,22-/m0/s1. The number of ketones is 1. The Balaban J connectivity index is 1.49. The van der Waals surface area contributed by atoms with E-state index in [4.69, 9.17) is 9.47 Å². The number of esters is 1. The predicted molar refractivity (Wildman–Crippen MR) is 98.2 cm³/mol.